The summed E-state index contributed by atoms with van der Waals surface area (Å²) in [5.74, 6) is 0.380. The molecule has 2 aromatic rings. The van der Waals surface area contributed by atoms with Gasteiger partial charge in [0.15, 0.2) is 5.78 Å². The highest BCUT2D eigenvalue weighted by Gasteiger charge is 2.21. The summed E-state index contributed by atoms with van der Waals surface area (Å²) in [7, 11) is 0. The van der Waals surface area contributed by atoms with Crippen molar-refractivity contribution in [3.8, 4) is 0 Å². The second-order valence-electron chi connectivity index (χ2n) is 5.03. The smallest absolute Gasteiger partial charge is 0.168 e. The fourth-order valence-electron chi connectivity index (χ4n) is 2.62. The Morgan fingerprint density at radius 1 is 1.26 bits per heavy atom. The third-order valence-electron chi connectivity index (χ3n) is 3.55. The number of halogens is 1. The van der Waals surface area contributed by atoms with Gasteiger partial charge in [-0.3, -0.25) is 4.79 Å². The zero-order valence-corrected chi connectivity index (χ0v) is 12.3. The Hall–Kier alpha value is -1.28. The van der Waals surface area contributed by atoms with Crippen molar-refractivity contribution in [3.63, 3.8) is 0 Å². The maximum absolute atomic E-state index is 12.6. The zero-order chi connectivity index (χ0) is 13.8. The summed E-state index contributed by atoms with van der Waals surface area (Å²) in [6.07, 6.45) is 5.82. The average Bonchev–Trinajstić information content (AvgIpc) is 2.80. The molecule has 0 unspecified atom stereocenters. The van der Waals surface area contributed by atoms with E-state index in [4.69, 9.17) is 11.6 Å². The Morgan fingerprint density at radius 3 is 2.58 bits per heavy atom. The molecule has 0 aliphatic carbocycles. The minimum atomic E-state index is 0.132. The predicted molar refractivity (Wildman–Crippen MR) is 80.9 cm³/mol. The molecule has 0 radical (unpaired) electrons. The van der Waals surface area contributed by atoms with E-state index < -0.39 is 0 Å². The molecule has 0 spiro atoms. The lowest BCUT2D eigenvalue weighted by molar-refractivity contribution is 0.0906. The Kier molecular flexibility index (Phi) is 4.65. The van der Waals surface area contributed by atoms with Crippen molar-refractivity contribution in [1.29, 1.82) is 0 Å². The maximum atomic E-state index is 12.6. The van der Waals surface area contributed by atoms with Crippen molar-refractivity contribution in [2.24, 2.45) is 5.92 Å². The first-order valence-corrected chi connectivity index (χ1v) is 7.36. The minimum Gasteiger partial charge on any atom is -0.360 e. The van der Waals surface area contributed by atoms with Crippen LogP contribution in [0.4, 0.5) is 0 Å². The quantitative estimate of drug-likeness (QED) is 0.721. The Labute approximate surface area is 119 Å². The van der Waals surface area contributed by atoms with E-state index in [1.54, 1.807) is 0 Å². The molecule has 0 atom stereocenters. The topological polar surface area (TPSA) is 32.9 Å². The molecular formula is C16H20ClNO. The van der Waals surface area contributed by atoms with E-state index in [0.717, 1.165) is 42.1 Å². The molecule has 1 heterocycles. The molecule has 3 heteroatoms. The lowest BCUT2D eigenvalue weighted by Crippen LogP contribution is -2.14. The predicted octanol–water partition coefficient (Wildman–Crippen LogP) is 5.22. The number of Topliss-reactive ketones (excluding diaryl/α,β-unsaturated/α-hetero) is 1. The van der Waals surface area contributed by atoms with Crippen LogP contribution in [0.1, 0.15) is 49.9 Å². The molecule has 1 N–H and O–H groups in total. The van der Waals surface area contributed by atoms with E-state index in [1.165, 1.54) is 0 Å². The van der Waals surface area contributed by atoms with Crippen LogP contribution in [0.15, 0.2) is 24.4 Å². The normalized spacial score (nSPS) is 11.4. The first-order valence-electron chi connectivity index (χ1n) is 6.98. The number of rotatable bonds is 6. The summed E-state index contributed by atoms with van der Waals surface area (Å²) >= 11 is 6.03. The lowest BCUT2D eigenvalue weighted by Gasteiger charge is -2.13. The van der Waals surface area contributed by atoms with Gasteiger partial charge < -0.3 is 4.98 Å². The van der Waals surface area contributed by atoms with Gasteiger partial charge in [-0.25, -0.2) is 0 Å². The van der Waals surface area contributed by atoms with E-state index in [-0.39, 0.29) is 11.7 Å². The molecule has 0 bridgehead atoms. The number of aromatic nitrogens is 1. The molecule has 0 aliphatic heterocycles. The first-order chi connectivity index (χ1) is 9.17. The number of ketones is 1. The highest BCUT2D eigenvalue weighted by atomic mass is 35.5. The number of hydrogen-bond acceptors (Lipinski definition) is 1. The van der Waals surface area contributed by atoms with E-state index in [9.17, 15) is 4.79 Å². The Morgan fingerprint density at radius 2 is 1.95 bits per heavy atom. The van der Waals surface area contributed by atoms with Gasteiger partial charge in [-0.15, -0.1) is 0 Å². The second kappa shape index (κ2) is 6.25. The van der Waals surface area contributed by atoms with E-state index in [1.807, 2.05) is 24.4 Å². The molecular weight excluding hydrogens is 258 g/mol. The number of aromatic amines is 1. The summed E-state index contributed by atoms with van der Waals surface area (Å²) in [6.45, 7) is 4.25. The number of hydrogen-bond donors (Lipinski definition) is 1. The van der Waals surface area contributed by atoms with Crippen LogP contribution in [0.25, 0.3) is 10.9 Å². The highest BCUT2D eigenvalue weighted by Crippen LogP contribution is 2.27. The van der Waals surface area contributed by atoms with Gasteiger partial charge in [-0.1, -0.05) is 38.3 Å². The number of carbonyl (C=O) groups is 1. The van der Waals surface area contributed by atoms with Gasteiger partial charge >= 0.3 is 0 Å². The monoisotopic (exact) mass is 277 g/mol. The fraction of sp³-hybridized carbons (Fsp3) is 0.438. The minimum absolute atomic E-state index is 0.132. The summed E-state index contributed by atoms with van der Waals surface area (Å²) in [5, 5.41) is 1.61. The van der Waals surface area contributed by atoms with Crippen LogP contribution in [-0.2, 0) is 0 Å². The average molecular weight is 278 g/mol. The number of nitrogens with one attached hydrogen (secondary N) is 1. The molecule has 0 fully saturated rings. The molecule has 0 amide bonds. The van der Waals surface area contributed by atoms with Gasteiger partial charge in [-0.2, -0.15) is 0 Å². The van der Waals surface area contributed by atoms with Crippen molar-refractivity contribution in [2.75, 3.05) is 0 Å². The largest absolute Gasteiger partial charge is 0.360 e. The first kappa shape index (κ1) is 14.1. The van der Waals surface area contributed by atoms with Crippen LogP contribution in [0.2, 0.25) is 5.02 Å². The summed E-state index contributed by atoms with van der Waals surface area (Å²) in [4.78, 5) is 15.8. The number of benzene rings is 1. The Balaban J connectivity index is 2.36. The molecule has 0 saturated heterocycles. The summed E-state index contributed by atoms with van der Waals surface area (Å²) in [5.41, 5.74) is 1.75. The lowest BCUT2D eigenvalue weighted by atomic mass is 9.90. The van der Waals surface area contributed by atoms with Gasteiger partial charge in [-0.05, 0) is 31.0 Å². The van der Waals surface area contributed by atoms with Crippen molar-refractivity contribution in [2.45, 2.75) is 39.5 Å². The molecule has 102 valence electrons. The number of carbonyl (C=O) groups excluding carboxylic acids is 1. The van der Waals surface area contributed by atoms with Crippen LogP contribution in [-0.4, -0.2) is 10.8 Å². The summed E-state index contributed by atoms with van der Waals surface area (Å²) in [6, 6.07) is 5.63. The van der Waals surface area contributed by atoms with Crippen LogP contribution >= 0.6 is 11.6 Å². The van der Waals surface area contributed by atoms with Gasteiger partial charge in [0.2, 0.25) is 0 Å². The van der Waals surface area contributed by atoms with Gasteiger partial charge in [0.25, 0.3) is 0 Å². The molecule has 2 rings (SSSR count). The Bertz CT molecular complexity index is 567. The third kappa shape index (κ3) is 3.01. The molecule has 19 heavy (non-hydrogen) atoms. The van der Waals surface area contributed by atoms with E-state index >= 15 is 0 Å². The molecule has 0 saturated carbocycles. The van der Waals surface area contributed by atoms with Crippen molar-refractivity contribution in [3.05, 3.63) is 35.0 Å². The van der Waals surface area contributed by atoms with Gasteiger partial charge in [0.05, 0.1) is 0 Å². The fourth-order valence-corrected chi connectivity index (χ4v) is 2.79. The van der Waals surface area contributed by atoms with Crippen molar-refractivity contribution >= 4 is 28.3 Å². The van der Waals surface area contributed by atoms with E-state index in [0.29, 0.717) is 5.02 Å². The zero-order valence-electron chi connectivity index (χ0n) is 11.5. The third-order valence-corrected chi connectivity index (χ3v) is 3.79. The summed E-state index contributed by atoms with van der Waals surface area (Å²) < 4.78 is 0. The van der Waals surface area contributed by atoms with Crippen LogP contribution in [0.3, 0.4) is 0 Å². The number of fused-ring (bicyclic) bond motifs is 1. The van der Waals surface area contributed by atoms with Crippen LogP contribution in [0, 0.1) is 5.92 Å². The highest BCUT2D eigenvalue weighted by molar-refractivity contribution is 6.31. The molecule has 0 aliphatic rings. The molecule has 1 aromatic heterocycles. The second-order valence-corrected chi connectivity index (χ2v) is 5.47. The van der Waals surface area contributed by atoms with Crippen molar-refractivity contribution < 1.29 is 4.79 Å². The van der Waals surface area contributed by atoms with Gasteiger partial charge in [0.1, 0.15) is 0 Å². The van der Waals surface area contributed by atoms with Crippen molar-refractivity contribution in [1.82, 2.24) is 4.98 Å². The SMILES string of the molecule is CCCC(CCC)C(=O)c1c[nH]c2ccc(Cl)cc12. The van der Waals surface area contributed by atoms with Crippen LogP contribution < -0.4 is 0 Å². The molecule has 2 nitrogen and oxygen atoms in total. The van der Waals surface area contributed by atoms with Gasteiger partial charge in [0, 0.05) is 33.6 Å². The van der Waals surface area contributed by atoms with Crippen LogP contribution in [0.5, 0.6) is 0 Å². The standard InChI is InChI=1S/C16H20ClNO/c1-3-5-11(6-4-2)16(19)14-10-18-15-8-7-12(17)9-13(14)15/h7-11,18H,3-6H2,1-2H3. The van der Waals surface area contributed by atoms with E-state index in [2.05, 4.69) is 18.8 Å². The maximum Gasteiger partial charge on any atom is 0.168 e. The number of H-pyrrole nitrogens is 1. The molecule has 1 aromatic carbocycles.